The Balaban J connectivity index is 2.38. The number of carbonyl (C=O) groups excluding carboxylic acids is 1. The van der Waals surface area contributed by atoms with Crippen LogP contribution in [0.3, 0.4) is 0 Å². The molecule has 2 heteroatoms. The third kappa shape index (κ3) is 2.38. The fourth-order valence-corrected chi connectivity index (χ4v) is 1.07. The standard InChI is InChI=1S/C10H12O2/c1-8(11)6-7-10(12)9-4-2-3-5-9/h2,4-5,11H,1,3,6-7H2. The maximum absolute atomic E-state index is 11.3. The second kappa shape index (κ2) is 3.90. The molecule has 1 aliphatic carbocycles. The van der Waals surface area contributed by atoms with Crippen LogP contribution in [0.1, 0.15) is 19.3 Å². The van der Waals surface area contributed by atoms with Gasteiger partial charge >= 0.3 is 0 Å². The molecule has 0 amide bonds. The van der Waals surface area contributed by atoms with E-state index < -0.39 is 0 Å². The van der Waals surface area contributed by atoms with Gasteiger partial charge in [-0.05, 0) is 6.42 Å². The van der Waals surface area contributed by atoms with E-state index in [1.807, 2.05) is 18.2 Å². The lowest BCUT2D eigenvalue weighted by atomic mass is 10.1. The second-order valence-corrected chi connectivity index (χ2v) is 2.79. The van der Waals surface area contributed by atoms with Gasteiger partial charge in [0.1, 0.15) is 0 Å². The highest BCUT2D eigenvalue weighted by Gasteiger charge is 2.08. The van der Waals surface area contributed by atoms with Crippen molar-refractivity contribution in [3.05, 3.63) is 36.1 Å². The van der Waals surface area contributed by atoms with E-state index in [2.05, 4.69) is 6.58 Å². The fourth-order valence-electron chi connectivity index (χ4n) is 1.07. The van der Waals surface area contributed by atoms with Crippen LogP contribution in [0, 0.1) is 0 Å². The van der Waals surface area contributed by atoms with Crippen molar-refractivity contribution in [1.82, 2.24) is 0 Å². The van der Waals surface area contributed by atoms with Crippen molar-refractivity contribution in [2.75, 3.05) is 0 Å². The number of aliphatic hydroxyl groups is 1. The van der Waals surface area contributed by atoms with Crippen molar-refractivity contribution in [3.8, 4) is 0 Å². The van der Waals surface area contributed by atoms with E-state index >= 15 is 0 Å². The van der Waals surface area contributed by atoms with Crippen molar-refractivity contribution < 1.29 is 9.90 Å². The van der Waals surface area contributed by atoms with Crippen molar-refractivity contribution in [3.63, 3.8) is 0 Å². The van der Waals surface area contributed by atoms with Crippen LogP contribution in [-0.4, -0.2) is 10.9 Å². The summed E-state index contributed by atoms with van der Waals surface area (Å²) in [6.45, 7) is 3.32. The van der Waals surface area contributed by atoms with Crippen LogP contribution in [0.25, 0.3) is 0 Å². The van der Waals surface area contributed by atoms with Gasteiger partial charge in [0.05, 0.1) is 5.76 Å². The van der Waals surface area contributed by atoms with Gasteiger partial charge in [0.15, 0.2) is 5.78 Å². The Bertz CT molecular complexity index is 259. The average Bonchev–Trinajstić information content (AvgIpc) is 2.51. The van der Waals surface area contributed by atoms with Gasteiger partial charge < -0.3 is 5.11 Å². The molecule has 0 saturated heterocycles. The predicted molar refractivity (Wildman–Crippen MR) is 47.8 cm³/mol. The molecule has 0 atom stereocenters. The number of carbonyl (C=O) groups is 1. The lowest BCUT2D eigenvalue weighted by molar-refractivity contribution is -0.115. The summed E-state index contributed by atoms with van der Waals surface area (Å²) >= 11 is 0. The molecule has 64 valence electrons. The SMILES string of the molecule is C=C(O)CCC(=O)C1=CCC=C1. The summed E-state index contributed by atoms with van der Waals surface area (Å²) in [5, 5.41) is 8.76. The van der Waals surface area contributed by atoms with Crippen LogP contribution in [0.4, 0.5) is 0 Å². The number of Topliss-reactive ketones (excluding diaryl/α,β-unsaturated/α-hetero) is 1. The van der Waals surface area contributed by atoms with E-state index in [9.17, 15) is 4.79 Å². The summed E-state index contributed by atoms with van der Waals surface area (Å²) < 4.78 is 0. The number of allylic oxidation sites excluding steroid dienone is 5. The molecule has 0 fully saturated rings. The van der Waals surface area contributed by atoms with Gasteiger partial charge in [-0.3, -0.25) is 4.79 Å². The van der Waals surface area contributed by atoms with Crippen LogP contribution >= 0.6 is 0 Å². The van der Waals surface area contributed by atoms with Crippen LogP contribution in [0.2, 0.25) is 0 Å². The van der Waals surface area contributed by atoms with Gasteiger partial charge in [-0.1, -0.05) is 24.8 Å². The van der Waals surface area contributed by atoms with Crippen molar-refractivity contribution in [2.24, 2.45) is 0 Å². The van der Waals surface area contributed by atoms with Gasteiger partial charge in [-0.25, -0.2) is 0 Å². The van der Waals surface area contributed by atoms with Crippen molar-refractivity contribution >= 4 is 5.78 Å². The van der Waals surface area contributed by atoms with Crippen molar-refractivity contribution in [1.29, 1.82) is 0 Å². The minimum Gasteiger partial charge on any atom is -0.513 e. The second-order valence-electron chi connectivity index (χ2n) is 2.79. The summed E-state index contributed by atoms with van der Waals surface area (Å²) in [5.74, 6) is 0.157. The molecule has 0 bridgehead atoms. The van der Waals surface area contributed by atoms with Crippen LogP contribution in [-0.2, 0) is 4.79 Å². The molecule has 2 nitrogen and oxygen atoms in total. The zero-order valence-electron chi connectivity index (χ0n) is 6.92. The summed E-state index contributed by atoms with van der Waals surface area (Å²) in [5.41, 5.74) is 0.760. The molecule has 0 aliphatic heterocycles. The van der Waals surface area contributed by atoms with Gasteiger partial charge in [0.25, 0.3) is 0 Å². The van der Waals surface area contributed by atoms with Gasteiger partial charge in [-0.2, -0.15) is 0 Å². The third-order valence-corrected chi connectivity index (χ3v) is 1.73. The number of rotatable bonds is 4. The topological polar surface area (TPSA) is 37.3 Å². The van der Waals surface area contributed by atoms with E-state index in [1.54, 1.807) is 0 Å². The molecular formula is C10H12O2. The molecule has 0 saturated carbocycles. The molecule has 0 heterocycles. The van der Waals surface area contributed by atoms with E-state index in [1.165, 1.54) is 0 Å². The Labute approximate surface area is 71.9 Å². The maximum Gasteiger partial charge on any atom is 0.163 e. The maximum atomic E-state index is 11.3. The molecule has 0 aromatic rings. The molecule has 0 aromatic heterocycles. The highest BCUT2D eigenvalue weighted by molar-refractivity contribution is 5.98. The molecule has 0 radical (unpaired) electrons. The van der Waals surface area contributed by atoms with Gasteiger partial charge in [0, 0.05) is 18.4 Å². The van der Waals surface area contributed by atoms with Crippen molar-refractivity contribution in [2.45, 2.75) is 19.3 Å². The van der Waals surface area contributed by atoms with E-state index in [4.69, 9.17) is 5.11 Å². The van der Waals surface area contributed by atoms with Crippen LogP contribution < -0.4 is 0 Å². The molecule has 1 rings (SSSR count). The first-order valence-corrected chi connectivity index (χ1v) is 3.97. The van der Waals surface area contributed by atoms with E-state index in [0.29, 0.717) is 12.8 Å². The quantitative estimate of drug-likeness (QED) is 0.647. The highest BCUT2D eigenvalue weighted by Crippen LogP contribution is 2.13. The monoisotopic (exact) mass is 164 g/mol. The number of hydrogen-bond donors (Lipinski definition) is 1. The predicted octanol–water partition coefficient (Wildman–Crippen LogP) is 2.29. The Morgan fingerprint density at radius 2 is 2.33 bits per heavy atom. The zero-order chi connectivity index (χ0) is 8.97. The zero-order valence-corrected chi connectivity index (χ0v) is 6.92. The normalized spacial score (nSPS) is 14.5. The molecule has 0 spiro atoms. The largest absolute Gasteiger partial charge is 0.513 e. The summed E-state index contributed by atoms with van der Waals surface area (Å²) in [6, 6.07) is 0. The van der Waals surface area contributed by atoms with Gasteiger partial charge in [0.2, 0.25) is 0 Å². The lowest BCUT2D eigenvalue weighted by Gasteiger charge is -1.97. The Kier molecular flexibility index (Phi) is 2.86. The first-order chi connectivity index (χ1) is 5.70. The highest BCUT2D eigenvalue weighted by atomic mass is 16.3. The van der Waals surface area contributed by atoms with E-state index in [0.717, 1.165) is 12.0 Å². The summed E-state index contributed by atoms with van der Waals surface area (Å²) in [4.78, 5) is 11.3. The van der Waals surface area contributed by atoms with Gasteiger partial charge in [-0.15, -0.1) is 0 Å². The molecule has 1 aliphatic rings. The van der Waals surface area contributed by atoms with Crippen LogP contribution in [0.5, 0.6) is 0 Å². The number of aliphatic hydroxyl groups excluding tert-OH is 1. The smallest absolute Gasteiger partial charge is 0.163 e. The Morgan fingerprint density at radius 3 is 2.83 bits per heavy atom. The third-order valence-electron chi connectivity index (χ3n) is 1.73. The Morgan fingerprint density at radius 1 is 1.58 bits per heavy atom. The number of ketones is 1. The number of hydrogen-bond acceptors (Lipinski definition) is 2. The fraction of sp³-hybridized carbons (Fsp3) is 0.300. The molecule has 0 unspecified atom stereocenters. The minimum atomic E-state index is 0.0749. The first kappa shape index (κ1) is 8.78. The van der Waals surface area contributed by atoms with E-state index in [-0.39, 0.29) is 11.5 Å². The summed E-state index contributed by atoms with van der Waals surface area (Å²) in [7, 11) is 0. The molecule has 1 N–H and O–H groups in total. The first-order valence-electron chi connectivity index (χ1n) is 3.97. The lowest BCUT2D eigenvalue weighted by Crippen LogP contribution is -1.99. The minimum absolute atomic E-state index is 0.0749. The Hall–Kier alpha value is -1.31. The molecule has 0 aromatic carbocycles. The summed E-state index contributed by atoms with van der Waals surface area (Å²) in [6.07, 6.45) is 7.22. The molecular weight excluding hydrogens is 152 g/mol. The molecule has 12 heavy (non-hydrogen) atoms. The van der Waals surface area contributed by atoms with Crippen LogP contribution in [0.15, 0.2) is 36.1 Å². The average molecular weight is 164 g/mol.